The molecule has 0 spiro atoms. The van der Waals surface area contributed by atoms with Crippen LogP contribution in [0, 0.1) is 0 Å². The second-order valence-corrected chi connectivity index (χ2v) is 12.2. The highest BCUT2D eigenvalue weighted by atomic mass is 28.4. The van der Waals surface area contributed by atoms with Gasteiger partial charge in [-0.2, -0.15) is 0 Å². The van der Waals surface area contributed by atoms with Crippen LogP contribution in [-0.2, 0) is 4.43 Å². The fourth-order valence-electron chi connectivity index (χ4n) is 2.36. The molecule has 0 saturated heterocycles. The van der Waals surface area contributed by atoms with E-state index in [9.17, 15) is 0 Å². The van der Waals surface area contributed by atoms with Crippen LogP contribution in [0.1, 0.15) is 46.5 Å². The largest absolute Gasteiger partial charge is 0.460 e. The Balaban J connectivity index is 1.81. The Morgan fingerprint density at radius 2 is 1.52 bits per heavy atom. The molecule has 0 radical (unpaired) electrons. The normalized spacial score (nSPS) is 23.9. The van der Waals surface area contributed by atoms with Gasteiger partial charge in [0.05, 0.1) is 0 Å². The number of rotatable bonds is 4. The van der Waals surface area contributed by atoms with E-state index in [2.05, 4.69) is 43.8 Å². The van der Waals surface area contributed by atoms with Gasteiger partial charge in [0.15, 0.2) is 8.32 Å². The van der Waals surface area contributed by atoms with E-state index >= 15 is 0 Å². The molecule has 21 heavy (non-hydrogen) atoms. The minimum Gasteiger partial charge on any atom is -0.460 e. The van der Waals surface area contributed by atoms with Gasteiger partial charge in [0.25, 0.3) is 0 Å². The fraction of sp³-hybridized carbons (Fsp3) is 0.750. The van der Waals surface area contributed by atoms with E-state index in [1.165, 1.54) is 0 Å². The molecule has 2 rings (SSSR count). The van der Waals surface area contributed by atoms with E-state index in [-0.39, 0.29) is 11.1 Å². The van der Waals surface area contributed by atoms with E-state index < -0.39 is 8.32 Å². The lowest BCUT2D eigenvalue weighted by molar-refractivity contribution is 0.0675. The molecule has 1 aromatic heterocycles. The van der Waals surface area contributed by atoms with Crippen molar-refractivity contribution < 1.29 is 9.16 Å². The SMILES string of the molecule is CC(C)(C)[Si](C)(C)OC1CCC(Oc2ncccn2)CC1. The monoisotopic (exact) mass is 308 g/mol. The van der Waals surface area contributed by atoms with Gasteiger partial charge in [-0.25, -0.2) is 9.97 Å². The number of hydrogen-bond donors (Lipinski definition) is 0. The van der Waals surface area contributed by atoms with Gasteiger partial charge in [0, 0.05) is 18.5 Å². The van der Waals surface area contributed by atoms with Crippen LogP contribution in [-0.4, -0.2) is 30.5 Å². The lowest BCUT2D eigenvalue weighted by Crippen LogP contribution is -2.45. The molecule has 0 aromatic carbocycles. The van der Waals surface area contributed by atoms with Crippen molar-refractivity contribution in [2.45, 2.75) is 76.8 Å². The average molecular weight is 308 g/mol. The van der Waals surface area contributed by atoms with Crippen LogP contribution in [0.15, 0.2) is 18.5 Å². The van der Waals surface area contributed by atoms with Crippen molar-refractivity contribution in [3.05, 3.63) is 18.5 Å². The maximum atomic E-state index is 6.49. The van der Waals surface area contributed by atoms with Crippen LogP contribution in [0.5, 0.6) is 6.01 Å². The number of ether oxygens (including phenoxy) is 1. The predicted octanol–water partition coefficient (Wildman–Crippen LogP) is 4.19. The van der Waals surface area contributed by atoms with Crippen LogP contribution in [0.4, 0.5) is 0 Å². The van der Waals surface area contributed by atoms with Crippen molar-refractivity contribution in [1.29, 1.82) is 0 Å². The van der Waals surface area contributed by atoms with Gasteiger partial charge in [0.1, 0.15) is 6.10 Å². The van der Waals surface area contributed by atoms with Crippen molar-refractivity contribution in [2.75, 3.05) is 0 Å². The van der Waals surface area contributed by atoms with Gasteiger partial charge in [-0.15, -0.1) is 0 Å². The minimum absolute atomic E-state index is 0.228. The molecule has 5 heteroatoms. The highest BCUT2D eigenvalue weighted by molar-refractivity contribution is 6.74. The van der Waals surface area contributed by atoms with E-state index in [0.717, 1.165) is 25.7 Å². The number of nitrogens with zero attached hydrogens (tertiary/aromatic N) is 2. The maximum absolute atomic E-state index is 6.49. The van der Waals surface area contributed by atoms with E-state index in [0.29, 0.717) is 12.1 Å². The first-order valence-corrected chi connectivity index (χ1v) is 10.8. The van der Waals surface area contributed by atoms with Crippen LogP contribution >= 0.6 is 0 Å². The Morgan fingerprint density at radius 3 is 2.05 bits per heavy atom. The third-order valence-electron chi connectivity index (χ3n) is 4.70. The highest BCUT2D eigenvalue weighted by Gasteiger charge is 2.39. The summed E-state index contributed by atoms with van der Waals surface area (Å²) in [6, 6.07) is 2.29. The van der Waals surface area contributed by atoms with Gasteiger partial charge in [-0.1, -0.05) is 20.8 Å². The summed E-state index contributed by atoms with van der Waals surface area (Å²) in [4.78, 5) is 8.25. The third kappa shape index (κ3) is 4.51. The number of aromatic nitrogens is 2. The van der Waals surface area contributed by atoms with Gasteiger partial charge in [-0.05, 0) is 49.9 Å². The Kier molecular flexibility index (Phi) is 5.04. The summed E-state index contributed by atoms with van der Waals surface area (Å²) >= 11 is 0. The Labute approximate surface area is 129 Å². The summed E-state index contributed by atoms with van der Waals surface area (Å²) in [6.45, 7) is 11.5. The molecule has 1 heterocycles. The third-order valence-corrected chi connectivity index (χ3v) is 9.24. The summed E-state index contributed by atoms with van der Waals surface area (Å²) in [5, 5.41) is 0.276. The molecule has 1 aromatic rings. The summed E-state index contributed by atoms with van der Waals surface area (Å²) in [6.07, 6.45) is 8.25. The molecule has 4 nitrogen and oxygen atoms in total. The lowest BCUT2D eigenvalue weighted by atomic mass is 9.95. The zero-order valence-electron chi connectivity index (χ0n) is 13.9. The zero-order chi connectivity index (χ0) is 15.5. The first kappa shape index (κ1) is 16.4. The Hall–Kier alpha value is -0.943. The molecule has 0 amide bonds. The molecular formula is C16H28N2O2Si. The van der Waals surface area contributed by atoms with Crippen LogP contribution in [0.2, 0.25) is 18.1 Å². The average Bonchev–Trinajstić information content (AvgIpc) is 2.41. The second kappa shape index (κ2) is 6.44. The van der Waals surface area contributed by atoms with E-state index in [4.69, 9.17) is 9.16 Å². The fourth-order valence-corrected chi connectivity index (χ4v) is 3.78. The van der Waals surface area contributed by atoms with Gasteiger partial charge >= 0.3 is 6.01 Å². The van der Waals surface area contributed by atoms with Crippen molar-refractivity contribution in [3.63, 3.8) is 0 Å². The molecule has 1 saturated carbocycles. The van der Waals surface area contributed by atoms with Gasteiger partial charge in [0.2, 0.25) is 0 Å². The topological polar surface area (TPSA) is 44.2 Å². The second-order valence-electron chi connectivity index (χ2n) is 7.43. The molecule has 0 aliphatic heterocycles. The standard InChI is InChI=1S/C16H28N2O2Si/c1-16(2,3)21(4,5)20-14-9-7-13(8-10-14)19-15-17-11-6-12-18-15/h6,11-14H,7-10H2,1-5H3. The first-order valence-electron chi connectivity index (χ1n) is 7.89. The molecule has 0 N–H and O–H groups in total. The molecule has 118 valence electrons. The van der Waals surface area contributed by atoms with Gasteiger partial charge in [-0.3, -0.25) is 0 Å². The minimum atomic E-state index is -1.65. The van der Waals surface area contributed by atoms with E-state index in [1.54, 1.807) is 18.5 Å². The molecule has 0 bridgehead atoms. The summed E-state index contributed by atoms with van der Waals surface area (Å²) < 4.78 is 12.3. The molecule has 0 atom stereocenters. The molecule has 1 aliphatic rings. The summed E-state index contributed by atoms with van der Waals surface area (Å²) in [7, 11) is -1.65. The number of hydrogen-bond acceptors (Lipinski definition) is 4. The van der Waals surface area contributed by atoms with Crippen molar-refractivity contribution in [1.82, 2.24) is 9.97 Å². The molecular weight excluding hydrogens is 280 g/mol. The van der Waals surface area contributed by atoms with Crippen LogP contribution < -0.4 is 4.74 Å². The Bertz CT molecular complexity index is 437. The molecule has 1 fully saturated rings. The summed E-state index contributed by atoms with van der Waals surface area (Å²) in [5.74, 6) is 0. The van der Waals surface area contributed by atoms with E-state index in [1.807, 2.05) is 0 Å². The predicted molar refractivity (Wildman–Crippen MR) is 87.0 cm³/mol. The lowest BCUT2D eigenvalue weighted by Gasteiger charge is -2.41. The maximum Gasteiger partial charge on any atom is 0.316 e. The van der Waals surface area contributed by atoms with Gasteiger partial charge < -0.3 is 9.16 Å². The van der Waals surface area contributed by atoms with Crippen molar-refractivity contribution in [2.24, 2.45) is 0 Å². The quantitative estimate of drug-likeness (QED) is 0.782. The first-order chi connectivity index (χ1) is 9.78. The van der Waals surface area contributed by atoms with Crippen LogP contribution in [0.25, 0.3) is 0 Å². The zero-order valence-corrected chi connectivity index (χ0v) is 14.9. The van der Waals surface area contributed by atoms with Crippen molar-refractivity contribution in [3.8, 4) is 6.01 Å². The van der Waals surface area contributed by atoms with Crippen molar-refractivity contribution >= 4 is 8.32 Å². The van der Waals surface area contributed by atoms with Crippen LogP contribution in [0.3, 0.4) is 0 Å². The highest BCUT2D eigenvalue weighted by Crippen LogP contribution is 2.39. The molecule has 0 unspecified atom stereocenters. The summed E-state index contributed by atoms with van der Waals surface area (Å²) in [5.41, 5.74) is 0. The Morgan fingerprint density at radius 1 is 1.00 bits per heavy atom. The molecule has 1 aliphatic carbocycles. The smallest absolute Gasteiger partial charge is 0.316 e.